The Morgan fingerprint density at radius 3 is 2.80 bits per heavy atom. The maximum absolute atomic E-state index is 12.1. The van der Waals surface area contributed by atoms with Gasteiger partial charge in [-0.25, -0.2) is 4.98 Å². The maximum atomic E-state index is 12.1. The van der Waals surface area contributed by atoms with Crippen molar-refractivity contribution >= 4 is 17.2 Å². The number of imidazole rings is 1. The summed E-state index contributed by atoms with van der Waals surface area (Å²) in [7, 11) is 0. The minimum Gasteiger partial charge on any atom is -0.323 e. The molecule has 0 radical (unpaired) electrons. The number of rotatable bonds is 3. The highest BCUT2D eigenvalue weighted by Crippen LogP contribution is 2.16. The highest BCUT2D eigenvalue weighted by Gasteiger charge is 2.08. The van der Waals surface area contributed by atoms with Crippen LogP contribution in [0.15, 0.2) is 54.9 Å². The molecule has 20 heavy (non-hydrogen) atoms. The average molecular weight is 265 g/mol. The zero-order valence-electron chi connectivity index (χ0n) is 11.2. The largest absolute Gasteiger partial charge is 0.323 e. The second-order valence-electron chi connectivity index (χ2n) is 4.75. The molecule has 4 nitrogen and oxygen atoms in total. The van der Waals surface area contributed by atoms with Crippen LogP contribution in [0.25, 0.3) is 5.65 Å². The van der Waals surface area contributed by atoms with Gasteiger partial charge in [-0.05, 0) is 24.6 Å². The van der Waals surface area contributed by atoms with Gasteiger partial charge in [-0.3, -0.25) is 4.79 Å². The summed E-state index contributed by atoms with van der Waals surface area (Å²) in [6.45, 7) is 1.93. The molecule has 0 aliphatic carbocycles. The van der Waals surface area contributed by atoms with Crippen LogP contribution >= 0.6 is 0 Å². The van der Waals surface area contributed by atoms with Crippen LogP contribution < -0.4 is 5.32 Å². The number of pyridine rings is 1. The molecule has 1 amide bonds. The molecule has 0 fully saturated rings. The van der Waals surface area contributed by atoms with Crippen LogP contribution in [-0.4, -0.2) is 15.3 Å². The number of nitrogens with zero attached hydrogens (tertiary/aromatic N) is 2. The minimum atomic E-state index is -0.0371. The smallest absolute Gasteiger partial charge is 0.228 e. The fraction of sp³-hybridized carbons (Fsp3) is 0.125. The van der Waals surface area contributed by atoms with E-state index in [9.17, 15) is 4.79 Å². The van der Waals surface area contributed by atoms with Gasteiger partial charge in [0.2, 0.25) is 5.91 Å². The van der Waals surface area contributed by atoms with Crippen LogP contribution in [-0.2, 0) is 11.2 Å². The Labute approximate surface area is 117 Å². The van der Waals surface area contributed by atoms with Gasteiger partial charge in [-0.15, -0.1) is 0 Å². The number of fused-ring (bicyclic) bond motifs is 1. The Bertz CT molecular complexity index is 747. The van der Waals surface area contributed by atoms with E-state index in [2.05, 4.69) is 10.3 Å². The Balaban J connectivity index is 1.81. The van der Waals surface area contributed by atoms with E-state index >= 15 is 0 Å². The maximum Gasteiger partial charge on any atom is 0.228 e. The molecule has 1 aromatic carbocycles. The van der Waals surface area contributed by atoms with E-state index in [1.807, 2.05) is 66.2 Å². The Morgan fingerprint density at radius 2 is 2.00 bits per heavy atom. The second kappa shape index (κ2) is 5.17. The van der Waals surface area contributed by atoms with Crippen molar-refractivity contribution in [3.05, 3.63) is 66.1 Å². The number of benzene rings is 1. The monoisotopic (exact) mass is 265 g/mol. The summed E-state index contributed by atoms with van der Waals surface area (Å²) in [6, 6.07) is 13.5. The zero-order valence-corrected chi connectivity index (χ0v) is 11.2. The third-order valence-corrected chi connectivity index (χ3v) is 3.08. The molecule has 4 heteroatoms. The average Bonchev–Trinajstić information content (AvgIpc) is 2.81. The molecule has 3 rings (SSSR count). The second-order valence-corrected chi connectivity index (χ2v) is 4.75. The molecule has 0 atom stereocenters. The van der Waals surface area contributed by atoms with Gasteiger partial charge in [0.1, 0.15) is 0 Å². The molecule has 3 aromatic rings. The standard InChI is InChI=1S/C16H15N3O/c1-12-11-19-9-5-8-14(16(19)17-12)18-15(20)10-13-6-3-2-4-7-13/h2-9,11H,10H2,1H3,(H,18,20). The zero-order chi connectivity index (χ0) is 13.9. The first-order valence-electron chi connectivity index (χ1n) is 6.50. The Morgan fingerprint density at radius 1 is 1.20 bits per heavy atom. The number of nitrogens with one attached hydrogen (secondary N) is 1. The van der Waals surface area contributed by atoms with Crippen molar-refractivity contribution in [3.8, 4) is 0 Å². The molecular formula is C16H15N3O. The van der Waals surface area contributed by atoms with Crippen LogP contribution in [0.3, 0.4) is 0 Å². The number of carbonyl (C=O) groups is 1. The normalized spacial score (nSPS) is 10.7. The molecule has 0 aliphatic rings. The number of carbonyl (C=O) groups excluding carboxylic acids is 1. The molecule has 0 aliphatic heterocycles. The molecule has 0 spiro atoms. The first-order valence-corrected chi connectivity index (χ1v) is 6.50. The van der Waals surface area contributed by atoms with Gasteiger partial charge < -0.3 is 9.72 Å². The highest BCUT2D eigenvalue weighted by atomic mass is 16.1. The van der Waals surface area contributed by atoms with Crippen molar-refractivity contribution in [2.24, 2.45) is 0 Å². The predicted octanol–water partition coefficient (Wildman–Crippen LogP) is 2.82. The molecule has 0 saturated carbocycles. The van der Waals surface area contributed by atoms with E-state index in [1.54, 1.807) is 0 Å². The number of aromatic nitrogens is 2. The van der Waals surface area contributed by atoms with E-state index in [1.165, 1.54) is 0 Å². The lowest BCUT2D eigenvalue weighted by molar-refractivity contribution is -0.115. The van der Waals surface area contributed by atoms with Crippen LogP contribution in [0.2, 0.25) is 0 Å². The topological polar surface area (TPSA) is 46.4 Å². The molecule has 0 unspecified atom stereocenters. The number of hydrogen-bond acceptors (Lipinski definition) is 2. The third-order valence-electron chi connectivity index (χ3n) is 3.08. The van der Waals surface area contributed by atoms with Crippen LogP contribution in [0, 0.1) is 6.92 Å². The number of aryl methyl sites for hydroxylation is 1. The number of hydrogen-bond donors (Lipinski definition) is 1. The minimum absolute atomic E-state index is 0.0371. The molecular weight excluding hydrogens is 250 g/mol. The van der Waals surface area contributed by atoms with Crippen LogP contribution in [0.4, 0.5) is 5.69 Å². The fourth-order valence-electron chi connectivity index (χ4n) is 2.21. The summed E-state index contributed by atoms with van der Waals surface area (Å²) in [5.74, 6) is -0.0371. The lowest BCUT2D eigenvalue weighted by atomic mass is 10.1. The van der Waals surface area contributed by atoms with Crippen molar-refractivity contribution in [2.45, 2.75) is 13.3 Å². The van der Waals surface area contributed by atoms with Gasteiger partial charge in [0, 0.05) is 12.4 Å². The van der Waals surface area contributed by atoms with Gasteiger partial charge in [-0.2, -0.15) is 0 Å². The van der Waals surface area contributed by atoms with Gasteiger partial charge in [0.05, 0.1) is 17.8 Å². The molecule has 1 N–H and O–H groups in total. The SMILES string of the molecule is Cc1cn2cccc(NC(=O)Cc3ccccc3)c2n1. The molecule has 2 heterocycles. The Kier molecular flexibility index (Phi) is 3.21. The lowest BCUT2D eigenvalue weighted by Gasteiger charge is -2.06. The van der Waals surface area contributed by atoms with E-state index in [0.717, 1.165) is 22.6 Å². The molecule has 100 valence electrons. The van der Waals surface area contributed by atoms with Crippen molar-refractivity contribution in [1.29, 1.82) is 0 Å². The summed E-state index contributed by atoms with van der Waals surface area (Å²) in [4.78, 5) is 16.5. The van der Waals surface area contributed by atoms with E-state index in [-0.39, 0.29) is 5.91 Å². The summed E-state index contributed by atoms with van der Waals surface area (Å²) in [6.07, 6.45) is 4.21. The first kappa shape index (κ1) is 12.4. The van der Waals surface area contributed by atoms with Gasteiger partial charge in [-0.1, -0.05) is 30.3 Å². The van der Waals surface area contributed by atoms with E-state index in [0.29, 0.717) is 6.42 Å². The summed E-state index contributed by atoms with van der Waals surface area (Å²) >= 11 is 0. The molecule has 0 bridgehead atoms. The third kappa shape index (κ3) is 2.54. The summed E-state index contributed by atoms with van der Waals surface area (Å²) in [5, 5.41) is 2.92. The van der Waals surface area contributed by atoms with Gasteiger partial charge in [0.15, 0.2) is 5.65 Å². The van der Waals surface area contributed by atoms with Crippen molar-refractivity contribution in [3.63, 3.8) is 0 Å². The van der Waals surface area contributed by atoms with Crippen LogP contribution in [0.5, 0.6) is 0 Å². The van der Waals surface area contributed by atoms with Gasteiger partial charge >= 0.3 is 0 Å². The number of amides is 1. The quantitative estimate of drug-likeness (QED) is 0.791. The fourth-order valence-corrected chi connectivity index (χ4v) is 2.21. The summed E-state index contributed by atoms with van der Waals surface area (Å²) < 4.78 is 1.91. The highest BCUT2D eigenvalue weighted by molar-refractivity contribution is 5.95. The molecule has 0 saturated heterocycles. The van der Waals surface area contributed by atoms with Crippen LogP contribution in [0.1, 0.15) is 11.3 Å². The van der Waals surface area contributed by atoms with E-state index < -0.39 is 0 Å². The molecule has 2 aromatic heterocycles. The van der Waals surface area contributed by atoms with E-state index in [4.69, 9.17) is 0 Å². The van der Waals surface area contributed by atoms with Crippen molar-refractivity contribution in [1.82, 2.24) is 9.38 Å². The first-order chi connectivity index (χ1) is 9.72. The van der Waals surface area contributed by atoms with Crippen molar-refractivity contribution < 1.29 is 4.79 Å². The number of anilines is 1. The predicted molar refractivity (Wildman–Crippen MR) is 78.7 cm³/mol. The summed E-state index contributed by atoms with van der Waals surface area (Å²) in [5.41, 5.74) is 3.43. The van der Waals surface area contributed by atoms with Crippen molar-refractivity contribution in [2.75, 3.05) is 5.32 Å². The Hall–Kier alpha value is -2.62. The lowest BCUT2D eigenvalue weighted by Crippen LogP contribution is -2.15. The van der Waals surface area contributed by atoms with Gasteiger partial charge in [0.25, 0.3) is 0 Å².